The summed E-state index contributed by atoms with van der Waals surface area (Å²) in [5.74, 6) is 2.00. The van der Waals surface area contributed by atoms with Crippen LogP contribution in [0.4, 0.5) is 9.80 Å². The summed E-state index contributed by atoms with van der Waals surface area (Å²) in [7, 11) is 0. The predicted molar refractivity (Wildman–Crippen MR) is 139 cm³/mol. The average molecular weight is 493 g/mol. The molecule has 0 saturated heterocycles. The van der Waals surface area contributed by atoms with E-state index in [1.54, 1.807) is 19.1 Å². The minimum Gasteiger partial charge on any atom is -0.457 e. The van der Waals surface area contributed by atoms with Crippen LogP contribution in [0.3, 0.4) is 0 Å². The Morgan fingerprint density at radius 3 is 2.12 bits per heavy atom. The van der Waals surface area contributed by atoms with E-state index in [1.165, 1.54) is 16.9 Å². The third kappa shape index (κ3) is 5.76. The number of aromatic nitrogens is 1. The summed E-state index contributed by atoms with van der Waals surface area (Å²) in [4.78, 5) is 16.9. The van der Waals surface area contributed by atoms with Crippen molar-refractivity contribution in [2.45, 2.75) is 26.7 Å². The first-order chi connectivity index (χ1) is 16.4. The van der Waals surface area contributed by atoms with Crippen LogP contribution in [-0.2, 0) is 4.74 Å². The van der Waals surface area contributed by atoms with Gasteiger partial charge in [0.2, 0.25) is 0 Å². The lowest BCUT2D eigenvalue weighted by atomic mass is 10.0. The molecule has 0 bridgehead atoms. The fraction of sp³-hybridized carbons (Fsp3) is 0.185. The number of carbonyl (C=O) groups excluding carboxylic acids is 1. The maximum Gasteiger partial charge on any atom is 0.412 e. The summed E-state index contributed by atoms with van der Waals surface area (Å²) >= 11 is 7.42. The minimum absolute atomic E-state index is 0.287. The molecule has 1 amide bonds. The molecule has 0 radical (unpaired) electrons. The number of halogens is 1. The second-order valence-electron chi connectivity index (χ2n) is 7.90. The third-order valence-electron chi connectivity index (χ3n) is 5.12. The van der Waals surface area contributed by atoms with Crippen molar-refractivity contribution in [2.75, 3.05) is 11.9 Å². The van der Waals surface area contributed by atoms with E-state index in [1.807, 2.05) is 48.5 Å². The van der Waals surface area contributed by atoms with Gasteiger partial charge in [0.1, 0.15) is 27.2 Å². The van der Waals surface area contributed by atoms with Crippen molar-refractivity contribution in [3.63, 3.8) is 0 Å². The molecule has 0 spiro atoms. The lowest BCUT2D eigenvalue weighted by Gasteiger charge is -2.09. The van der Waals surface area contributed by atoms with Crippen molar-refractivity contribution >= 4 is 34.0 Å². The molecule has 0 fully saturated rings. The molecule has 34 heavy (non-hydrogen) atoms. The van der Waals surface area contributed by atoms with E-state index in [0.29, 0.717) is 21.6 Å². The number of hydrogen-bond donors (Lipinski definition) is 1. The molecule has 0 aliphatic rings. The number of nitrogens with zero attached hydrogens (tertiary/aromatic N) is 1. The summed E-state index contributed by atoms with van der Waals surface area (Å²) in [5, 5.41) is 4.82. The van der Waals surface area contributed by atoms with E-state index in [9.17, 15) is 4.79 Å². The number of ether oxygens (including phenoxy) is 2. The summed E-state index contributed by atoms with van der Waals surface area (Å²) in [6.45, 7) is 6.38. The van der Waals surface area contributed by atoms with Crippen LogP contribution in [0.25, 0.3) is 21.8 Å². The highest BCUT2D eigenvalue weighted by Crippen LogP contribution is 2.39. The Balaban J connectivity index is 1.58. The van der Waals surface area contributed by atoms with Crippen LogP contribution in [0.5, 0.6) is 11.5 Å². The second kappa shape index (κ2) is 10.7. The maximum absolute atomic E-state index is 12.1. The van der Waals surface area contributed by atoms with Gasteiger partial charge in [0, 0.05) is 16.1 Å². The standard InChI is InChI=1S/C27H25ClN2O3S/c1-4-32-27(31)30-26-24(19-5-11-21(28)12-6-19)29-25(34-26)20-9-15-23(16-10-20)33-22-13-7-18(8-14-22)17(2)3/h5-17H,4H2,1-3H3,(H,30,31). The van der Waals surface area contributed by atoms with Crippen LogP contribution in [0.15, 0.2) is 72.8 Å². The molecule has 7 heteroatoms. The van der Waals surface area contributed by atoms with Crippen molar-refractivity contribution in [3.05, 3.63) is 83.4 Å². The Morgan fingerprint density at radius 2 is 1.53 bits per heavy atom. The molecular formula is C27H25ClN2O3S. The Kier molecular flexibility index (Phi) is 7.50. The molecule has 1 heterocycles. The molecule has 5 nitrogen and oxygen atoms in total. The third-order valence-corrected chi connectivity index (χ3v) is 6.39. The summed E-state index contributed by atoms with van der Waals surface area (Å²) in [5.41, 5.74) is 3.70. The quantitative estimate of drug-likeness (QED) is 0.280. The van der Waals surface area contributed by atoms with Crippen LogP contribution in [-0.4, -0.2) is 17.7 Å². The number of anilines is 1. The zero-order valence-electron chi connectivity index (χ0n) is 19.2. The van der Waals surface area contributed by atoms with E-state index in [0.717, 1.165) is 27.6 Å². The highest BCUT2D eigenvalue weighted by Gasteiger charge is 2.17. The SMILES string of the molecule is CCOC(=O)Nc1sc(-c2ccc(Oc3ccc(C(C)C)cc3)cc2)nc1-c1ccc(Cl)cc1. The molecule has 0 aliphatic carbocycles. The zero-order chi connectivity index (χ0) is 24.1. The molecule has 174 valence electrons. The molecule has 1 N–H and O–H groups in total. The van der Waals surface area contributed by atoms with E-state index < -0.39 is 6.09 Å². The van der Waals surface area contributed by atoms with Gasteiger partial charge in [-0.1, -0.05) is 61.1 Å². The van der Waals surface area contributed by atoms with Crippen molar-refractivity contribution in [3.8, 4) is 33.3 Å². The van der Waals surface area contributed by atoms with E-state index in [4.69, 9.17) is 26.1 Å². The number of nitrogens with one attached hydrogen (secondary N) is 1. The number of benzene rings is 3. The number of thiazole rings is 1. The highest BCUT2D eigenvalue weighted by atomic mass is 35.5. The molecule has 1 aromatic heterocycles. The van der Waals surface area contributed by atoms with Gasteiger partial charge in [0.25, 0.3) is 0 Å². The van der Waals surface area contributed by atoms with Gasteiger partial charge in [-0.3, -0.25) is 5.32 Å². The lowest BCUT2D eigenvalue weighted by Crippen LogP contribution is -2.12. The second-order valence-corrected chi connectivity index (χ2v) is 9.33. The average Bonchev–Trinajstić information content (AvgIpc) is 3.24. The van der Waals surface area contributed by atoms with Gasteiger partial charge in [0.05, 0.1) is 6.61 Å². The molecule has 3 aromatic carbocycles. The van der Waals surface area contributed by atoms with E-state index in [2.05, 4.69) is 31.3 Å². The molecule has 0 saturated carbocycles. The molecule has 4 rings (SSSR count). The monoisotopic (exact) mass is 492 g/mol. The molecular weight excluding hydrogens is 468 g/mol. The fourth-order valence-electron chi connectivity index (χ4n) is 3.31. The molecule has 0 unspecified atom stereocenters. The normalized spacial score (nSPS) is 10.9. The molecule has 0 atom stereocenters. The van der Waals surface area contributed by atoms with Gasteiger partial charge in [-0.2, -0.15) is 0 Å². The first-order valence-electron chi connectivity index (χ1n) is 11.0. The highest BCUT2D eigenvalue weighted by molar-refractivity contribution is 7.19. The number of amides is 1. The van der Waals surface area contributed by atoms with E-state index in [-0.39, 0.29) is 6.61 Å². The van der Waals surface area contributed by atoms with Crippen molar-refractivity contribution in [2.24, 2.45) is 0 Å². The summed E-state index contributed by atoms with van der Waals surface area (Å²) in [6, 6.07) is 23.2. The largest absolute Gasteiger partial charge is 0.457 e. The Labute approximate surface area is 208 Å². The van der Waals surface area contributed by atoms with Crippen LogP contribution >= 0.6 is 22.9 Å². The maximum atomic E-state index is 12.1. The van der Waals surface area contributed by atoms with Gasteiger partial charge in [0.15, 0.2) is 0 Å². The van der Waals surface area contributed by atoms with Gasteiger partial charge >= 0.3 is 6.09 Å². The Morgan fingerprint density at radius 1 is 0.941 bits per heavy atom. The smallest absolute Gasteiger partial charge is 0.412 e. The molecule has 4 aromatic rings. The minimum atomic E-state index is -0.514. The van der Waals surface area contributed by atoms with Crippen LogP contribution in [0.1, 0.15) is 32.3 Å². The number of carbonyl (C=O) groups is 1. The van der Waals surface area contributed by atoms with Crippen molar-refractivity contribution < 1.29 is 14.3 Å². The zero-order valence-corrected chi connectivity index (χ0v) is 20.7. The van der Waals surface area contributed by atoms with Crippen LogP contribution < -0.4 is 10.1 Å². The van der Waals surface area contributed by atoms with Crippen LogP contribution in [0, 0.1) is 0 Å². The van der Waals surface area contributed by atoms with Crippen molar-refractivity contribution in [1.29, 1.82) is 0 Å². The fourth-order valence-corrected chi connectivity index (χ4v) is 4.42. The van der Waals surface area contributed by atoms with Gasteiger partial charge in [-0.15, -0.1) is 0 Å². The summed E-state index contributed by atoms with van der Waals surface area (Å²) < 4.78 is 11.0. The Bertz CT molecular complexity index is 1250. The summed E-state index contributed by atoms with van der Waals surface area (Å²) in [6.07, 6.45) is -0.514. The van der Waals surface area contributed by atoms with Gasteiger partial charge in [-0.25, -0.2) is 9.78 Å². The van der Waals surface area contributed by atoms with Crippen molar-refractivity contribution in [1.82, 2.24) is 4.98 Å². The van der Waals surface area contributed by atoms with Gasteiger partial charge < -0.3 is 9.47 Å². The first kappa shape index (κ1) is 23.8. The molecule has 0 aliphatic heterocycles. The lowest BCUT2D eigenvalue weighted by molar-refractivity contribution is 0.168. The number of hydrogen-bond acceptors (Lipinski definition) is 5. The predicted octanol–water partition coefficient (Wildman–Crippen LogP) is 8.61. The first-order valence-corrected chi connectivity index (χ1v) is 12.2. The van der Waals surface area contributed by atoms with E-state index >= 15 is 0 Å². The topological polar surface area (TPSA) is 60.5 Å². The number of rotatable bonds is 7. The van der Waals surface area contributed by atoms with Crippen LogP contribution in [0.2, 0.25) is 5.02 Å². The van der Waals surface area contributed by atoms with Gasteiger partial charge in [-0.05, 0) is 66.9 Å². The Hall–Kier alpha value is -3.35.